The number of rotatable bonds is 0. The first-order chi connectivity index (χ1) is 9.42. The first-order valence-corrected chi connectivity index (χ1v) is 7.68. The van der Waals surface area contributed by atoms with Gasteiger partial charge in [0.15, 0.2) is 16.3 Å². The second kappa shape index (κ2) is 3.37. The Bertz CT molecular complexity index is 952. The summed E-state index contributed by atoms with van der Waals surface area (Å²) >= 11 is 3.67. The first kappa shape index (κ1) is 10.00. The largest absolute Gasteiger partial charge is 0.290 e. The van der Waals surface area contributed by atoms with Crippen LogP contribution in [0.3, 0.4) is 0 Å². The van der Waals surface area contributed by atoms with Crippen molar-refractivity contribution in [2.45, 2.75) is 6.54 Å². The summed E-state index contributed by atoms with van der Waals surface area (Å²) in [5.74, 6) is 0. The molecule has 0 unspecified atom stereocenters. The lowest BCUT2D eigenvalue weighted by Gasteiger charge is -1.88. The fraction of sp³-hybridized carbons (Fsp3) is 0.0714. The Morgan fingerprint density at radius 1 is 1.16 bits per heavy atom. The molecule has 5 rings (SSSR count). The molecule has 4 aromatic heterocycles. The van der Waals surface area contributed by atoms with Gasteiger partial charge in [-0.3, -0.25) is 4.98 Å². The van der Waals surface area contributed by atoms with Crippen molar-refractivity contribution < 1.29 is 4.57 Å². The highest BCUT2D eigenvalue weighted by atomic mass is 32.2. The molecule has 0 atom stereocenters. The van der Waals surface area contributed by atoms with Gasteiger partial charge in [-0.25, -0.2) is 4.98 Å². The van der Waals surface area contributed by atoms with E-state index in [1.54, 1.807) is 0 Å². The summed E-state index contributed by atoms with van der Waals surface area (Å²) in [7, 11) is 0. The molecule has 3 nitrogen and oxygen atoms in total. The Kier molecular flexibility index (Phi) is 1.78. The fourth-order valence-corrected chi connectivity index (χ4v) is 5.36. The molecule has 0 aliphatic carbocycles. The van der Waals surface area contributed by atoms with E-state index in [1.165, 1.54) is 30.2 Å². The minimum Gasteiger partial charge on any atom is -0.263 e. The predicted molar refractivity (Wildman–Crippen MR) is 77.5 cm³/mol. The SMILES string of the molecule is c1cnc2c(c1)C[n+]1c-2sc2sc3cnccc3c21. The zero-order chi connectivity index (χ0) is 12.4. The van der Waals surface area contributed by atoms with Crippen molar-refractivity contribution in [2.75, 3.05) is 0 Å². The van der Waals surface area contributed by atoms with Gasteiger partial charge in [0.1, 0.15) is 0 Å². The summed E-state index contributed by atoms with van der Waals surface area (Å²) in [6.45, 7) is 0.937. The molecule has 1 aliphatic rings. The molecule has 19 heavy (non-hydrogen) atoms. The third-order valence-electron chi connectivity index (χ3n) is 3.56. The molecule has 90 valence electrons. The molecule has 0 N–H and O–H groups in total. The van der Waals surface area contributed by atoms with Crippen LogP contribution in [0.5, 0.6) is 0 Å². The number of aromatic nitrogens is 3. The number of hydrogen-bond donors (Lipinski definition) is 0. The van der Waals surface area contributed by atoms with Crippen LogP contribution in [0.1, 0.15) is 5.56 Å². The van der Waals surface area contributed by atoms with E-state index in [-0.39, 0.29) is 0 Å². The number of thiophene rings is 1. The Hall–Kier alpha value is -1.85. The summed E-state index contributed by atoms with van der Waals surface area (Å²) in [4.78, 5) is 8.75. The molecule has 1 aliphatic heterocycles. The van der Waals surface area contributed by atoms with Gasteiger partial charge in [-0.15, -0.1) is 11.3 Å². The Morgan fingerprint density at radius 2 is 2.16 bits per heavy atom. The Balaban J connectivity index is 1.94. The van der Waals surface area contributed by atoms with Crippen molar-refractivity contribution in [2.24, 2.45) is 0 Å². The maximum atomic E-state index is 4.54. The third-order valence-corrected chi connectivity index (χ3v) is 5.97. The van der Waals surface area contributed by atoms with Crippen LogP contribution in [-0.4, -0.2) is 9.97 Å². The minimum absolute atomic E-state index is 0.937. The van der Waals surface area contributed by atoms with Crippen LogP contribution in [0.15, 0.2) is 36.8 Å². The molecule has 0 fully saturated rings. The normalized spacial score (nSPS) is 13.1. The van der Waals surface area contributed by atoms with E-state index >= 15 is 0 Å². The van der Waals surface area contributed by atoms with E-state index in [1.807, 2.05) is 47.3 Å². The lowest BCUT2D eigenvalue weighted by molar-refractivity contribution is -0.641. The molecule has 5 heterocycles. The lowest BCUT2D eigenvalue weighted by atomic mass is 10.2. The standard InChI is InChI=1S/C14H8N3S2/c1-2-8-7-17-12-9-3-5-15-6-10(9)18-14(12)19-13(17)11(8)16-4-1/h1-6H,7H2/q+1. The molecule has 0 amide bonds. The molecule has 0 saturated heterocycles. The molecule has 4 aromatic rings. The van der Waals surface area contributed by atoms with Crippen molar-refractivity contribution in [3.8, 4) is 10.7 Å². The summed E-state index contributed by atoms with van der Waals surface area (Å²) in [6.07, 6.45) is 5.71. The molecule has 0 saturated carbocycles. The van der Waals surface area contributed by atoms with Crippen LogP contribution in [0, 0.1) is 0 Å². The van der Waals surface area contributed by atoms with E-state index in [4.69, 9.17) is 0 Å². The molecule has 0 aromatic carbocycles. The fourth-order valence-electron chi connectivity index (χ4n) is 2.74. The van der Waals surface area contributed by atoms with Crippen LogP contribution in [-0.2, 0) is 6.54 Å². The summed E-state index contributed by atoms with van der Waals surface area (Å²) in [5.41, 5.74) is 3.82. The molecule has 0 bridgehead atoms. The van der Waals surface area contributed by atoms with Crippen molar-refractivity contribution in [1.29, 1.82) is 0 Å². The monoisotopic (exact) mass is 282 g/mol. The average Bonchev–Trinajstić information content (AvgIpc) is 3.05. The zero-order valence-electron chi connectivity index (χ0n) is 9.83. The quantitative estimate of drug-likeness (QED) is 0.408. The van der Waals surface area contributed by atoms with Crippen LogP contribution in [0.25, 0.3) is 30.3 Å². The van der Waals surface area contributed by atoms with E-state index in [9.17, 15) is 0 Å². The van der Waals surface area contributed by atoms with Crippen LogP contribution >= 0.6 is 22.7 Å². The predicted octanol–water partition coefficient (Wildman–Crippen LogP) is 3.22. The van der Waals surface area contributed by atoms with Crippen molar-refractivity contribution in [3.05, 3.63) is 42.4 Å². The van der Waals surface area contributed by atoms with Crippen LogP contribution in [0.2, 0.25) is 0 Å². The maximum absolute atomic E-state index is 4.54. The second-order valence-corrected chi connectivity index (χ2v) is 6.92. The topological polar surface area (TPSA) is 29.7 Å². The maximum Gasteiger partial charge on any atom is 0.290 e. The number of fused-ring (bicyclic) bond motifs is 7. The van der Waals surface area contributed by atoms with Gasteiger partial charge < -0.3 is 0 Å². The van der Waals surface area contributed by atoms with E-state index in [2.05, 4.69) is 26.7 Å². The van der Waals surface area contributed by atoms with Gasteiger partial charge in [0.05, 0.1) is 15.6 Å². The van der Waals surface area contributed by atoms with Gasteiger partial charge in [-0.05, 0) is 29.5 Å². The van der Waals surface area contributed by atoms with Crippen LogP contribution < -0.4 is 4.57 Å². The van der Waals surface area contributed by atoms with Crippen LogP contribution in [0.4, 0.5) is 0 Å². The smallest absolute Gasteiger partial charge is 0.263 e. The minimum atomic E-state index is 0.937. The molecular formula is C14H8N3S2+. The van der Waals surface area contributed by atoms with Crippen molar-refractivity contribution in [3.63, 3.8) is 0 Å². The van der Waals surface area contributed by atoms with Gasteiger partial charge in [-0.1, -0.05) is 0 Å². The Morgan fingerprint density at radius 3 is 3.16 bits per heavy atom. The molecule has 0 radical (unpaired) electrons. The number of pyridine rings is 2. The molecule has 0 spiro atoms. The van der Waals surface area contributed by atoms with Gasteiger partial charge in [0.25, 0.3) is 5.01 Å². The zero-order valence-corrected chi connectivity index (χ0v) is 11.5. The highest BCUT2D eigenvalue weighted by molar-refractivity contribution is 7.42. The number of thiazole rings is 1. The number of nitrogens with zero attached hydrogens (tertiary/aromatic N) is 3. The molecular weight excluding hydrogens is 274 g/mol. The summed E-state index contributed by atoms with van der Waals surface area (Å²) in [5, 5.41) is 2.60. The average molecular weight is 282 g/mol. The van der Waals surface area contributed by atoms with E-state index in [0.717, 1.165) is 12.2 Å². The summed E-state index contributed by atoms with van der Waals surface area (Å²) < 4.78 is 5.04. The van der Waals surface area contributed by atoms with Crippen molar-refractivity contribution >= 4 is 42.3 Å². The highest BCUT2D eigenvalue weighted by Gasteiger charge is 2.34. The lowest BCUT2D eigenvalue weighted by Crippen LogP contribution is -2.30. The van der Waals surface area contributed by atoms with Gasteiger partial charge >= 0.3 is 0 Å². The second-order valence-electron chi connectivity index (χ2n) is 4.61. The highest BCUT2D eigenvalue weighted by Crippen LogP contribution is 2.41. The van der Waals surface area contributed by atoms with Gasteiger partial charge in [0, 0.05) is 18.6 Å². The first-order valence-electron chi connectivity index (χ1n) is 6.05. The number of hydrogen-bond acceptors (Lipinski definition) is 4. The third kappa shape index (κ3) is 1.19. The molecule has 5 heteroatoms. The van der Waals surface area contributed by atoms with Gasteiger partial charge in [0.2, 0.25) is 5.52 Å². The van der Waals surface area contributed by atoms with Gasteiger partial charge in [-0.2, -0.15) is 4.57 Å². The van der Waals surface area contributed by atoms with Crippen molar-refractivity contribution in [1.82, 2.24) is 9.97 Å². The van der Waals surface area contributed by atoms with E-state index < -0.39 is 0 Å². The summed E-state index contributed by atoms with van der Waals surface area (Å²) in [6, 6.07) is 6.30. The Labute approximate surface area is 116 Å². The van der Waals surface area contributed by atoms with E-state index in [0.29, 0.717) is 0 Å².